The number of nitriles is 1. The third-order valence-corrected chi connectivity index (χ3v) is 12.7. The van der Waals surface area contributed by atoms with E-state index in [9.17, 15) is 37.6 Å². The van der Waals surface area contributed by atoms with E-state index in [1.165, 1.54) is 11.0 Å². The largest absolute Gasteiger partial charge is 0.417 e. The summed E-state index contributed by atoms with van der Waals surface area (Å²) < 4.78 is 41.2. The molecule has 0 aromatic heterocycles. The van der Waals surface area contributed by atoms with Crippen LogP contribution in [0.3, 0.4) is 0 Å². The number of carbonyl (C=O) groups is 4. The fraction of sp³-hybridized carbons (Fsp3) is 0.571. The van der Waals surface area contributed by atoms with Gasteiger partial charge in [-0.2, -0.15) is 18.4 Å². The minimum absolute atomic E-state index is 0. The van der Waals surface area contributed by atoms with Gasteiger partial charge in [-0.3, -0.25) is 34.3 Å². The monoisotopic (exact) mass is 843 g/mol. The van der Waals surface area contributed by atoms with E-state index in [1.807, 2.05) is 17.0 Å². The predicted molar refractivity (Wildman–Crippen MR) is 221 cm³/mol. The highest BCUT2D eigenvalue weighted by molar-refractivity contribution is 7.80. The van der Waals surface area contributed by atoms with Crippen LogP contribution in [0.5, 0.6) is 0 Å². The number of unbranched alkanes of at least 4 members (excludes halogenated alkanes) is 1. The molecule has 11 nitrogen and oxygen atoms in total. The summed E-state index contributed by atoms with van der Waals surface area (Å²) in [6, 6.07) is 12.5. The minimum atomic E-state index is -4.74. The van der Waals surface area contributed by atoms with Crippen molar-refractivity contribution in [3.05, 3.63) is 59.2 Å². The molecule has 2 N–H and O–H groups in total. The highest BCUT2D eigenvalue weighted by Gasteiger charge is 2.52. The van der Waals surface area contributed by atoms with Crippen LogP contribution in [0.1, 0.15) is 108 Å². The fourth-order valence-electron chi connectivity index (χ4n) is 9.25. The van der Waals surface area contributed by atoms with Crippen LogP contribution in [-0.4, -0.2) is 93.3 Å². The van der Waals surface area contributed by atoms with Crippen molar-refractivity contribution in [2.75, 3.05) is 36.4 Å². The van der Waals surface area contributed by atoms with E-state index in [0.717, 1.165) is 82.3 Å². The molecule has 4 amide bonds. The average Bonchev–Trinajstić information content (AvgIpc) is 3.33. The number of amides is 4. The average molecular weight is 844 g/mol. The molecule has 0 spiro atoms. The van der Waals surface area contributed by atoms with Crippen LogP contribution >= 0.6 is 24.6 Å². The van der Waals surface area contributed by atoms with E-state index in [-0.39, 0.29) is 77.4 Å². The van der Waals surface area contributed by atoms with E-state index < -0.39 is 22.8 Å². The number of halogens is 4. The fourth-order valence-corrected chi connectivity index (χ4v) is 9.82. The summed E-state index contributed by atoms with van der Waals surface area (Å²) in [5, 5.41) is 14.8. The van der Waals surface area contributed by atoms with Gasteiger partial charge >= 0.3 is 6.18 Å². The second-order valence-electron chi connectivity index (χ2n) is 16.7. The van der Waals surface area contributed by atoms with Crippen LogP contribution in [0.15, 0.2) is 42.5 Å². The molecule has 58 heavy (non-hydrogen) atoms. The van der Waals surface area contributed by atoms with Crippen molar-refractivity contribution in [2.24, 2.45) is 5.92 Å². The SMILES string of the molecule is C[C@@H]1CN(CCCCC2CCC(N3C(=S)N(c4ccc(C#N)c(C(F)(F)F)c4)C(=O)C3(C)C)CC2)C[C@H](C)N1CC(=O)Nc1ccc(C2CCC(=O)NC2=O)cc1.Cl. The summed E-state index contributed by atoms with van der Waals surface area (Å²) in [5.74, 6) is -0.804. The first-order valence-electron chi connectivity index (χ1n) is 20.0. The third-order valence-electron chi connectivity index (χ3n) is 12.3. The van der Waals surface area contributed by atoms with Gasteiger partial charge in [0, 0.05) is 43.3 Å². The maximum atomic E-state index is 13.7. The Kier molecular flexibility index (Phi) is 14.3. The number of hydrogen-bond donors (Lipinski definition) is 2. The molecular formula is C42H53ClF3N7O4S. The van der Waals surface area contributed by atoms with Gasteiger partial charge in [-0.1, -0.05) is 25.0 Å². The molecule has 2 aromatic rings. The quantitative estimate of drug-likeness (QED) is 0.140. The molecule has 0 radical (unpaired) electrons. The Morgan fingerprint density at radius 3 is 2.24 bits per heavy atom. The number of piperidine rings is 1. The molecule has 3 aliphatic heterocycles. The lowest BCUT2D eigenvalue weighted by Crippen LogP contribution is -2.58. The predicted octanol–water partition coefficient (Wildman–Crippen LogP) is 6.99. The zero-order valence-corrected chi connectivity index (χ0v) is 35.1. The van der Waals surface area contributed by atoms with Gasteiger partial charge in [0.2, 0.25) is 17.7 Å². The molecule has 3 heterocycles. The number of anilines is 2. The van der Waals surface area contributed by atoms with E-state index in [0.29, 0.717) is 24.4 Å². The lowest BCUT2D eigenvalue weighted by molar-refractivity contribution is -0.138. The normalized spacial score (nSPS) is 25.6. The van der Waals surface area contributed by atoms with Crippen LogP contribution in [0.4, 0.5) is 24.5 Å². The number of alkyl halides is 3. The van der Waals surface area contributed by atoms with Crippen LogP contribution in [0.25, 0.3) is 0 Å². The molecule has 16 heteroatoms. The summed E-state index contributed by atoms with van der Waals surface area (Å²) >= 11 is 5.76. The van der Waals surface area contributed by atoms with Gasteiger partial charge in [0.25, 0.3) is 5.91 Å². The van der Waals surface area contributed by atoms with Gasteiger partial charge in [-0.25, -0.2) is 0 Å². The second kappa shape index (κ2) is 18.4. The minimum Gasteiger partial charge on any atom is -0.331 e. The van der Waals surface area contributed by atoms with Crippen molar-refractivity contribution in [1.29, 1.82) is 5.26 Å². The van der Waals surface area contributed by atoms with Crippen molar-refractivity contribution < 1.29 is 32.3 Å². The molecule has 1 aliphatic carbocycles. The van der Waals surface area contributed by atoms with Crippen molar-refractivity contribution in [3.8, 4) is 6.07 Å². The van der Waals surface area contributed by atoms with Crippen LogP contribution in [-0.2, 0) is 25.4 Å². The zero-order chi connectivity index (χ0) is 41.2. The van der Waals surface area contributed by atoms with Gasteiger partial charge in [-0.05, 0) is 127 Å². The number of piperazine rings is 1. The first-order chi connectivity index (χ1) is 27.0. The first-order valence-corrected chi connectivity index (χ1v) is 20.4. The van der Waals surface area contributed by atoms with E-state index in [1.54, 1.807) is 32.0 Å². The number of hydrogen-bond acceptors (Lipinski definition) is 8. The molecule has 0 bridgehead atoms. The molecule has 3 saturated heterocycles. The molecule has 4 fully saturated rings. The summed E-state index contributed by atoms with van der Waals surface area (Å²) in [6.07, 6.45) is 2.99. The van der Waals surface area contributed by atoms with Gasteiger partial charge < -0.3 is 15.1 Å². The molecule has 2 aromatic carbocycles. The Bertz CT molecular complexity index is 1900. The van der Waals surface area contributed by atoms with Gasteiger partial charge in [0.1, 0.15) is 5.54 Å². The third kappa shape index (κ3) is 9.84. The Labute approximate surface area is 350 Å². The maximum absolute atomic E-state index is 13.7. The highest BCUT2D eigenvalue weighted by Crippen LogP contribution is 2.41. The number of nitrogens with one attached hydrogen (secondary N) is 2. The Balaban J connectivity index is 0.00000641. The topological polar surface area (TPSA) is 129 Å². The summed E-state index contributed by atoms with van der Waals surface area (Å²) in [7, 11) is 0. The molecule has 3 atom stereocenters. The van der Waals surface area contributed by atoms with Crippen molar-refractivity contribution in [2.45, 2.75) is 121 Å². The standard InChI is InChI=1S/C42H52F3N7O4S.ClH/c1-26-23-49(24-27(2)50(26)25-37(54)47-31-13-10-29(11-14-31)34-18-19-36(53)48-38(34)55)20-6-5-7-28-8-15-32(16-9-28)52-40(57)51(39(56)41(52,3)4)33-17-12-30(22-46)35(21-33)42(43,44)45;/h10-14,17,21,26-28,32,34H,5-9,15-16,18-20,23-25H2,1-4H3,(H,47,54)(H,48,53,55);1H/t26-,27+,28?,32?,34?;. The lowest BCUT2D eigenvalue weighted by atomic mass is 9.81. The highest BCUT2D eigenvalue weighted by atomic mass is 35.5. The molecule has 314 valence electrons. The number of rotatable bonds is 11. The van der Waals surface area contributed by atoms with Gasteiger partial charge in [0.05, 0.1) is 35.3 Å². The van der Waals surface area contributed by atoms with Gasteiger partial charge in [-0.15, -0.1) is 12.4 Å². The Morgan fingerprint density at radius 1 is 0.983 bits per heavy atom. The zero-order valence-electron chi connectivity index (χ0n) is 33.4. The molecule has 6 rings (SSSR count). The van der Waals surface area contributed by atoms with Gasteiger partial charge in [0.15, 0.2) is 5.11 Å². The van der Waals surface area contributed by atoms with E-state index in [2.05, 4.69) is 34.3 Å². The van der Waals surface area contributed by atoms with E-state index >= 15 is 0 Å². The number of carbonyl (C=O) groups excluding carboxylic acids is 4. The van der Waals surface area contributed by atoms with Crippen LogP contribution < -0.4 is 15.5 Å². The van der Waals surface area contributed by atoms with Crippen molar-refractivity contribution in [3.63, 3.8) is 0 Å². The van der Waals surface area contributed by atoms with E-state index in [4.69, 9.17) is 12.2 Å². The summed E-state index contributed by atoms with van der Waals surface area (Å²) in [6.45, 7) is 10.9. The van der Waals surface area contributed by atoms with Crippen LogP contribution in [0.2, 0.25) is 0 Å². The first kappa shape index (κ1) is 45.0. The smallest absolute Gasteiger partial charge is 0.331 e. The van der Waals surface area contributed by atoms with Crippen LogP contribution in [0, 0.1) is 17.2 Å². The number of imide groups is 1. The maximum Gasteiger partial charge on any atom is 0.417 e. The molecule has 1 unspecified atom stereocenters. The Morgan fingerprint density at radius 2 is 1.64 bits per heavy atom. The Hall–Kier alpha value is -4.10. The lowest BCUT2D eigenvalue weighted by Gasteiger charge is -2.44. The number of benzene rings is 2. The number of thiocarbonyl (C=S) groups is 1. The second-order valence-corrected chi connectivity index (χ2v) is 17.0. The summed E-state index contributed by atoms with van der Waals surface area (Å²) in [5.41, 5.74) is -1.10. The number of nitrogens with zero attached hydrogens (tertiary/aromatic N) is 5. The molecule has 1 saturated carbocycles. The molecular weight excluding hydrogens is 791 g/mol. The molecule has 4 aliphatic rings. The van der Waals surface area contributed by atoms with Crippen molar-refractivity contribution in [1.82, 2.24) is 20.0 Å². The van der Waals surface area contributed by atoms with Crippen molar-refractivity contribution >= 4 is 64.7 Å². The summed E-state index contributed by atoms with van der Waals surface area (Å²) in [4.78, 5) is 58.2.